The summed E-state index contributed by atoms with van der Waals surface area (Å²) >= 11 is 0. The molecule has 88 valence electrons. The SMILES string of the molecule is COc1ccc(Cc2ncc(N)c(C)n2)cn1. The molecule has 0 aliphatic heterocycles. The molecule has 0 amide bonds. The molecule has 0 bridgehead atoms. The van der Waals surface area contributed by atoms with Crippen LogP contribution in [0, 0.1) is 6.92 Å². The molecule has 0 unspecified atom stereocenters. The van der Waals surface area contributed by atoms with Crippen LogP contribution >= 0.6 is 0 Å². The Morgan fingerprint density at radius 2 is 2.06 bits per heavy atom. The summed E-state index contributed by atoms with van der Waals surface area (Å²) in [5.74, 6) is 1.34. The van der Waals surface area contributed by atoms with Gasteiger partial charge in [-0.15, -0.1) is 0 Å². The lowest BCUT2D eigenvalue weighted by Gasteiger charge is -2.04. The fraction of sp³-hybridized carbons (Fsp3) is 0.250. The predicted octanol–water partition coefficient (Wildman–Crippen LogP) is 1.36. The second-order valence-electron chi connectivity index (χ2n) is 3.71. The van der Waals surface area contributed by atoms with Gasteiger partial charge in [-0.25, -0.2) is 15.0 Å². The average Bonchev–Trinajstić information content (AvgIpc) is 2.35. The van der Waals surface area contributed by atoms with E-state index in [-0.39, 0.29) is 0 Å². The van der Waals surface area contributed by atoms with E-state index in [1.54, 1.807) is 19.5 Å². The van der Waals surface area contributed by atoms with Gasteiger partial charge in [-0.05, 0) is 12.5 Å². The predicted molar refractivity (Wildman–Crippen MR) is 64.8 cm³/mol. The highest BCUT2D eigenvalue weighted by Crippen LogP contribution is 2.11. The van der Waals surface area contributed by atoms with Crippen LogP contribution in [0.15, 0.2) is 24.5 Å². The summed E-state index contributed by atoms with van der Waals surface area (Å²) in [6.07, 6.45) is 4.03. The van der Waals surface area contributed by atoms with Crippen LogP contribution in [0.25, 0.3) is 0 Å². The highest BCUT2D eigenvalue weighted by Gasteiger charge is 2.03. The van der Waals surface area contributed by atoms with Crippen molar-refractivity contribution in [3.8, 4) is 5.88 Å². The quantitative estimate of drug-likeness (QED) is 0.861. The summed E-state index contributed by atoms with van der Waals surface area (Å²) < 4.78 is 5.00. The van der Waals surface area contributed by atoms with Crippen molar-refractivity contribution in [2.75, 3.05) is 12.8 Å². The van der Waals surface area contributed by atoms with Crippen molar-refractivity contribution in [3.05, 3.63) is 41.6 Å². The number of ether oxygens (including phenoxy) is 1. The van der Waals surface area contributed by atoms with E-state index in [1.807, 2.05) is 19.1 Å². The molecule has 0 fully saturated rings. The van der Waals surface area contributed by atoms with Crippen molar-refractivity contribution in [2.24, 2.45) is 0 Å². The summed E-state index contributed by atoms with van der Waals surface area (Å²) in [5.41, 5.74) is 8.12. The number of nitrogens with two attached hydrogens (primary N) is 1. The minimum atomic E-state index is 0.600. The Bertz CT molecular complexity index is 510. The normalized spacial score (nSPS) is 10.2. The van der Waals surface area contributed by atoms with E-state index < -0.39 is 0 Å². The first-order chi connectivity index (χ1) is 8.19. The van der Waals surface area contributed by atoms with Gasteiger partial charge < -0.3 is 10.5 Å². The molecule has 0 aliphatic carbocycles. The monoisotopic (exact) mass is 230 g/mol. The number of nitrogens with zero attached hydrogens (tertiary/aromatic N) is 3. The van der Waals surface area contributed by atoms with Crippen molar-refractivity contribution in [1.29, 1.82) is 0 Å². The van der Waals surface area contributed by atoms with Crippen molar-refractivity contribution in [2.45, 2.75) is 13.3 Å². The molecule has 0 saturated carbocycles. The third kappa shape index (κ3) is 2.69. The van der Waals surface area contributed by atoms with E-state index in [0.29, 0.717) is 18.0 Å². The van der Waals surface area contributed by atoms with Crippen molar-refractivity contribution in [3.63, 3.8) is 0 Å². The minimum Gasteiger partial charge on any atom is -0.481 e. The number of nitrogen functional groups attached to an aromatic ring is 1. The molecular formula is C12H14N4O. The third-order valence-electron chi connectivity index (χ3n) is 2.44. The van der Waals surface area contributed by atoms with Gasteiger partial charge in [0.15, 0.2) is 0 Å². The zero-order valence-electron chi connectivity index (χ0n) is 9.84. The van der Waals surface area contributed by atoms with Crippen LogP contribution in [-0.2, 0) is 6.42 Å². The van der Waals surface area contributed by atoms with Gasteiger partial charge in [-0.2, -0.15) is 0 Å². The van der Waals surface area contributed by atoms with Crippen molar-refractivity contribution >= 4 is 5.69 Å². The summed E-state index contributed by atoms with van der Waals surface area (Å²) in [7, 11) is 1.59. The van der Waals surface area contributed by atoms with Gasteiger partial charge in [0.25, 0.3) is 0 Å². The van der Waals surface area contributed by atoms with Crippen LogP contribution in [0.4, 0.5) is 5.69 Å². The first kappa shape index (κ1) is 11.3. The molecule has 0 aromatic carbocycles. The van der Waals surface area contributed by atoms with Crippen LogP contribution < -0.4 is 10.5 Å². The van der Waals surface area contributed by atoms with Gasteiger partial charge in [0, 0.05) is 18.7 Å². The number of hydrogen-bond donors (Lipinski definition) is 1. The second-order valence-corrected chi connectivity index (χ2v) is 3.71. The van der Waals surface area contributed by atoms with E-state index in [1.165, 1.54) is 0 Å². The second kappa shape index (κ2) is 4.78. The molecule has 2 rings (SSSR count). The Hall–Kier alpha value is -2.17. The van der Waals surface area contributed by atoms with Gasteiger partial charge >= 0.3 is 0 Å². The van der Waals surface area contributed by atoms with Gasteiger partial charge in [-0.3, -0.25) is 0 Å². The topological polar surface area (TPSA) is 73.9 Å². The van der Waals surface area contributed by atoms with E-state index >= 15 is 0 Å². The number of pyridine rings is 1. The zero-order chi connectivity index (χ0) is 12.3. The Balaban J connectivity index is 2.16. The lowest BCUT2D eigenvalue weighted by atomic mass is 10.2. The molecule has 0 saturated heterocycles. The number of aryl methyl sites for hydroxylation is 1. The highest BCUT2D eigenvalue weighted by atomic mass is 16.5. The van der Waals surface area contributed by atoms with E-state index in [4.69, 9.17) is 10.5 Å². The molecule has 0 radical (unpaired) electrons. The number of hydrogen-bond acceptors (Lipinski definition) is 5. The number of methoxy groups -OCH3 is 1. The van der Waals surface area contributed by atoms with Crippen LogP contribution in [-0.4, -0.2) is 22.1 Å². The van der Waals surface area contributed by atoms with E-state index in [2.05, 4.69) is 15.0 Å². The number of rotatable bonds is 3. The summed E-state index contributed by atoms with van der Waals surface area (Å²) in [6, 6.07) is 3.76. The van der Waals surface area contributed by atoms with Crippen LogP contribution in [0.3, 0.4) is 0 Å². The maximum Gasteiger partial charge on any atom is 0.212 e. The zero-order valence-corrected chi connectivity index (χ0v) is 9.84. The largest absolute Gasteiger partial charge is 0.481 e. The molecule has 0 atom stereocenters. The third-order valence-corrected chi connectivity index (χ3v) is 2.44. The van der Waals surface area contributed by atoms with Gasteiger partial charge in [0.05, 0.1) is 24.7 Å². The lowest BCUT2D eigenvalue weighted by Crippen LogP contribution is -2.02. The molecule has 2 aromatic heterocycles. The standard InChI is InChI=1S/C12H14N4O/c1-8-10(13)7-14-11(16-8)5-9-3-4-12(17-2)15-6-9/h3-4,6-7H,5,13H2,1-2H3. The molecule has 2 aromatic rings. The smallest absolute Gasteiger partial charge is 0.212 e. The molecule has 5 nitrogen and oxygen atoms in total. The fourth-order valence-electron chi connectivity index (χ4n) is 1.43. The molecule has 0 spiro atoms. The van der Waals surface area contributed by atoms with E-state index in [9.17, 15) is 0 Å². The van der Waals surface area contributed by atoms with Gasteiger partial charge in [0.2, 0.25) is 5.88 Å². The van der Waals surface area contributed by atoms with Crippen LogP contribution in [0.1, 0.15) is 17.1 Å². The number of anilines is 1. The molecule has 5 heteroatoms. The van der Waals surface area contributed by atoms with Crippen molar-refractivity contribution < 1.29 is 4.74 Å². The summed E-state index contributed by atoms with van der Waals surface area (Å²) in [5, 5.41) is 0. The Morgan fingerprint density at radius 3 is 2.65 bits per heavy atom. The molecule has 2 N–H and O–H groups in total. The first-order valence-corrected chi connectivity index (χ1v) is 5.26. The molecule has 0 aliphatic rings. The van der Waals surface area contributed by atoms with Gasteiger partial charge in [-0.1, -0.05) is 6.07 Å². The number of aromatic nitrogens is 3. The van der Waals surface area contributed by atoms with Crippen LogP contribution in [0.5, 0.6) is 5.88 Å². The maximum atomic E-state index is 5.67. The first-order valence-electron chi connectivity index (χ1n) is 5.26. The highest BCUT2D eigenvalue weighted by molar-refractivity contribution is 5.39. The Labute approximate surface area is 99.7 Å². The Kier molecular flexibility index (Phi) is 3.18. The van der Waals surface area contributed by atoms with Crippen LogP contribution in [0.2, 0.25) is 0 Å². The minimum absolute atomic E-state index is 0.600. The summed E-state index contributed by atoms with van der Waals surface area (Å²) in [6.45, 7) is 1.87. The molecular weight excluding hydrogens is 216 g/mol. The van der Waals surface area contributed by atoms with Crippen molar-refractivity contribution in [1.82, 2.24) is 15.0 Å². The maximum absolute atomic E-state index is 5.67. The summed E-state index contributed by atoms with van der Waals surface area (Å²) in [4.78, 5) is 12.6. The van der Waals surface area contributed by atoms with E-state index in [0.717, 1.165) is 17.1 Å². The Morgan fingerprint density at radius 1 is 1.24 bits per heavy atom. The fourth-order valence-corrected chi connectivity index (χ4v) is 1.43. The lowest BCUT2D eigenvalue weighted by molar-refractivity contribution is 0.397. The molecule has 2 heterocycles. The average molecular weight is 230 g/mol. The molecule has 17 heavy (non-hydrogen) atoms. The van der Waals surface area contributed by atoms with Gasteiger partial charge in [0.1, 0.15) is 5.82 Å².